The van der Waals surface area contributed by atoms with Crippen molar-refractivity contribution in [2.45, 2.75) is 37.6 Å². The molecule has 0 unspecified atom stereocenters. The number of nitrogens with one attached hydrogen (secondary N) is 1. The molecule has 21 heavy (non-hydrogen) atoms. The number of rotatable bonds is 4. The topological polar surface area (TPSA) is 77.5 Å². The van der Waals surface area contributed by atoms with Gasteiger partial charge in [-0.1, -0.05) is 19.3 Å². The average Bonchev–Trinajstić information content (AvgIpc) is 2.55. The normalized spacial score (nSPS) is 16.9. The number of nitrogens with zero attached hydrogens (tertiary/aromatic N) is 1. The van der Waals surface area contributed by atoms with Crippen molar-refractivity contribution >= 4 is 11.9 Å². The van der Waals surface area contributed by atoms with Crippen molar-refractivity contribution in [2.24, 2.45) is 0 Å². The average molecular weight is 292 g/mol. The molecule has 1 aliphatic carbocycles. The zero-order valence-electron chi connectivity index (χ0n) is 12.3. The second-order valence-electron chi connectivity index (χ2n) is 5.18. The van der Waals surface area contributed by atoms with E-state index in [1.54, 1.807) is 12.1 Å². The SMILES string of the molecule is COC(=O)C1(NC(=O)c2ccc(OC)nc2)CCCCC1. The van der Waals surface area contributed by atoms with E-state index in [2.05, 4.69) is 10.3 Å². The van der Waals surface area contributed by atoms with E-state index in [0.717, 1.165) is 19.3 Å². The first-order valence-electron chi connectivity index (χ1n) is 7.02. The van der Waals surface area contributed by atoms with E-state index in [9.17, 15) is 9.59 Å². The van der Waals surface area contributed by atoms with E-state index in [1.807, 2.05) is 0 Å². The van der Waals surface area contributed by atoms with Crippen LogP contribution in [0.1, 0.15) is 42.5 Å². The Morgan fingerprint density at radius 3 is 2.43 bits per heavy atom. The van der Waals surface area contributed by atoms with Crippen molar-refractivity contribution in [3.8, 4) is 5.88 Å². The van der Waals surface area contributed by atoms with Crippen molar-refractivity contribution < 1.29 is 19.1 Å². The van der Waals surface area contributed by atoms with Gasteiger partial charge in [-0.25, -0.2) is 9.78 Å². The van der Waals surface area contributed by atoms with Gasteiger partial charge in [-0.05, 0) is 18.9 Å². The van der Waals surface area contributed by atoms with Gasteiger partial charge in [0.25, 0.3) is 5.91 Å². The Kier molecular flexibility index (Phi) is 4.77. The highest BCUT2D eigenvalue weighted by molar-refractivity contribution is 5.98. The van der Waals surface area contributed by atoms with Crippen LogP contribution in [0, 0.1) is 0 Å². The van der Waals surface area contributed by atoms with Gasteiger partial charge in [0, 0.05) is 12.3 Å². The van der Waals surface area contributed by atoms with Crippen molar-refractivity contribution in [1.82, 2.24) is 10.3 Å². The molecule has 1 N–H and O–H groups in total. The summed E-state index contributed by atoms with van der Waals surface area (Å²) in [5, 5.41) is 2.84. The molecule has 6 heteroatoms. The maximum atomic E-state index is 12.3. The smallest absolute Gasteiger partial charge is 0.331 e. The number of ether oxygens (including phenoxy) is 2. The molecule has 6 nitrogen and oxygen atoms in total. The van der Waals surface area contributed by atoms with Crippen molar-refractivity contribution in [2.75, 3.05) is 14.2 Å². The van der Waals surface area contributed by atoms with Crippen LogP contribution >= 0.6 is 0 Å². The highest BCUT2D eigenvalue weighted by Gasteiger charge is 2.42. The van der Waals surface area contributed by atoms with Crippen LogP contribution < -0.4 is 10.1 Å². The van der Waals surface area contributed by atoms with Gasteiger partial charge in [0.15, 0.2) is 0 Å². The maximum absolute atomic E-state index is 12.3. The Balaban J connectivity index is 2.15. The number of pyridine rings is 1. The molecule has 0 aliphatic heterocycles. The quantitative estimate of drug-likeness (QED) is 0.855. The summed E-state index contributed by atoms with van der Waals surface area (Å²) in [4.78, 5) is 28.4. The molecule has 1 amide bonds. The fourth-order valence-electron chi connectivity index (χ4n) is 2.66. The zero-order valence-corrected chi connectivity index (χ0v) is 12.3. The summed E-state index contributed by atoms with van der Waals surface area (Å²) in [6.07, 6.45) is 5.51. The van der Waals surface area contributed by atoms with Crippen LogP contribution in [0.4, 0.5) is 0 Å². The molecule has 114 valence electrons. The lowest BCUT2D eigenvalue weighted by molar-refractivity contribution is -0.149. The van der Waals surface area contributed by atoms with Crippen LogP contribution in [0.2, 0.25) is 0 Å². The lowest BCUT2D eigenvalue weighted by atomic mass is 9.81. The Morgan fingerprint density at radius 2 is 1.90 bits per heavy atom. The third-order valence-corrected chi connectivity index (χ3v) is 3.84. The van der Waals surface area contributed by atoms with Crippen LogP contribution in [0.5, 0.6) is 5.88 Å². The Hall–Kier alpha value is -2.11. The highest BCUT2D eigenvalue weighted by atomic mass is 16.5. The molecule has 1 aromatic heterocycles. The number of hydrogen-bond acceptors (Lipinski definition) is 5. The lowest BCUT2D eigenvalue weighted by Crippen LogP contribution is -2.56. The number of carbonyl (C=O) groups is 2. The standard InChI is InChI=1S/C15H20N2O4/c1-20-12-7-6-11(10-16-12)13(18)17-15(14(19)21-2)8-4-3-5-9-15/h6-7,10H,3-5,8-9H2,1-2H3,(H,17,18). The first-order valence-corrected chi connectivity index (χ1v) is 7.02. The lowest BCUT2D eigenvalue weighted by Gasteiger charge is -2.35. The van der Waals surface area contributed by atoms with Gasteiger partial charge in [-0.3, -0.25) is 4.79 Å². The summed E-state index contributed by atoms with van der Waals surface area (Å²) in [5.41, 5.74) is -0.519. The molecule has 1 fully saturated rings. The number of aromatic nitrogens is 1. The fraction of sp³-hybridized carbons (Fsp3) is 0.533. The van der Waals surface area contributed by atoms with Gasteiger partial charge < -0.3 is 14.8 Å². The summed E-state index contributed by atoms with van der Waals surface area (Å²) >= 11 is 0. The first-order chi connectivity index (χ1) is 10.1. The third-order valence-electron chi connectivity index (χ3n) is 3.84. The van der Waals surface area contributed by atoms with Crippen LogP contribution in [-0.4, -0.2) is 36.6 Å². The van der Waals surface area contributed by atoms with Crippen molar-refractivity contribution in [1.29, 1.82) is 0 Å². The van der Waals surface area contributed by atoms with Crippen molar-refractivity contribution in [3.63, 3.8) is 0 Å². The molecule has 0 bridgehead atoms. The predicted molar refractivity (Wildman–Crippen MR) is 76.1 cm³/mol. The third kappa shape index (κ3) is 3.32. The van der Waals surface area contributed by atoms with Gasteiger partial charge >= 0.3 is 5.97 Å². The minimum atomic E-state index is -0.913. The van der Waals surface area contributed by atoms with Gasteiger partial charge in [0.05, 0.1) is 19.8 Å². The molecule has 1 aliphatic rings. The van der Waals surface area contributed by atoms with E-state index in [0.29, 0.717) is 24.3 Å². The monoisotopic (exact) mass is 292 g/mol. The molecule has 1 heterocycles. The van der Waals surface area contributed by atoms with E-state index < -0.39 is 5.54 Å². The van der Waals surface area contributed by atoms with Crippen LogP contribution in [0.25, 0.3) is 0 Å². The summed E-state index contributed by atoms with van der Waals surface area (Å²) in [7, 11) is 2.86. The molecule has 1 saturated carbocycles. The maximum Gasteiger partial charge on any atom is 0.331 e. The molecule has 0 atom stereocenters. The Morgan fingerprint density at radius 1 is 1.19 bits per heavy atom. The Labute approximate surface area is 123 Å². The Bertz CT molecular complexity index is 507. The number of esters is 1. The van der Waals surface area contributed by atoms with E-state index in [4.69, 9.17) is 9.47 Å². The molecule has 0 radical (unpaired) electrons. The number of amides is 1. The summed E-state index contributed by atoms with van der Waals surface area (Å²) in [6, 6.07) is 3.23. The molecular weight excluding hydrogens is 272 g/mol. The first kappa shape index (κ1) is 15.3. The second kappa shape index (κ2) is 6.56. The van der Waals surface area contributed by atoms with Crippen LogP contribution in [-0.2, 0) is 9.53 Å². The van der Waals surface area contributed by atoms with Gasteiger partial charge in [-0.2, -0.15) is 0 Å². The fourth-order valence-corrected chi connectivity index (χ4v) is 2.66. The van der Waals surface area contributed by atoms with Crippen LogP contribution in [0.3, 0.4) is 0 Å². The number of hydrogen-bond donors (Lipinski definition) is 1. The van der Waals surface area contributed by atoms with Crippen molar-refractivity contribution in [3.05, 3.63) is 23.9 Å². The van der Waals surface area contributed by atoms with Gasteiger partial charge in [0.1, 0.15) is 5.54 Å². The minimum absolute atomic E-state index is 0.322. The van der Waals surface area contributed by atoms with Gasteiger partial charge in [-0.15, -0.1) is 0 Å². The molecule has 0 saturated heterocycles. The number of methoxy groups -OCH3 is 2. The number of carbonyl (C=O) groups excluding carboxylic acids is 2. The van der Waals surface area contributed by atoms with E-state index in [-0.39, 0.29) is 11.9 Å². The van der Waals surface area contributed by atoms with E-state index in [1.165, 1.54) is 20.4 Å². The molecule has 1 aromatic rings. The summed E-state index contributed by atoms with van der Waals surface area (Å²) < 4.78 is 9.83. The summed E-state index contributed by atoms with van der Waals surface area (Å²) in [5.74, 6) is -0.263. The second-order valence-corrected chi connectivity index (χ2v) is 5.18. The molecule has 2 rings (SSSR count). The zero-order chi connectivity index (χ0) is 15.3. The molecule has 0 aromatic carbocycles. The van der Waals surface area contributed by atoms with Gasteiger partial charge in [0.2, 0.25) is 5.88 Å². The van der Waals surface area contributed by atoms with Crippen LogP contribution in [0.15, 0.2) is 18.3 Å². The summed E-state index contributed by atoms with van der Waals surface area (Å²) in [6.45, 7) is 0. The minimum Gasteiger partial charge on any atom is -0.481 e. The van der Waals surface area contributed by atoms with E-state index >= 15 is 0 Å². The molecular formula is C15H20N2O4. The highest BCUT2D eigenvalue weighted by Crippen LogP contribution is 2.29. The predicted octanol–water partition coefficient (Wildman–Crippen LogP) is 1.70. The molecule has 0 spiro atoms. The largest absolute Gasteiger partial charge is 0.481 e.